The first-order valence-corrected chi connectivity index (χ1v) is 6.01. The van der Waals surface area contributed by atoms with E-state index >= 15 is 0 Å². The maximum atomic E-state index is 11.7. The first-order valence-electron chi connectivity index (χ1n) is 5.58. The molecule has 1 aromatic heterocycles. The van der Waals surface area contributed by atoms with E-state index in [9.17, 15) is 4.79 Å². The number of carbonyl (C=O) groups is 1. The van der Waals surface area contributed by atoms with Crippen molar-refractivity contribution in [3.05, 3.63) is 11.9 Å². The average molecular weight is 243 g/mol. The van der Waals surface area contributed by atoms with Crippen LogP contribution in [0, 0.1) is 0 Å². The number of alkyl halides is 1. The summed E-state index contributed by atoms with van der Waals surface area (Å²) in [6.07, 6.45) is 6.77. The van der Waals surface area contributed by atoms with Crippen LogP contribution in [-0.2, 0) is 0 Å². The Morgan fingerprint density at radius 1 is 1.44 bits per heavy atom. The van der Waals surface area contributed by atoms with Gasteiger partial charge in [0.25, 0.3) is 5.91 Å². The number of rotatable bonds is 2. The van der Waals surface area contributed by atoms with Gasteiger partial charge in [-0.1, -0.05) is 19.3 Å². The largest absolute Gasteiger partial charge is 0.346 e. The zero-order valence-electron chi connectivity index (χ0n) is 8.95. The molecule has 1 aliphatic rings. The van der Waals surface area contributed by atoms with E-state index in [-0.39, 0.29) is 17.3 Å². The third kappa shape index (κ3) is 2.72. The van der Waals surface area contributed by atoms with Crippen LogP contribution in [0.25, 0.3) is 0 Å². The highest BCUT2D eigenvalue weighted by atomic mass is 35.5. The summed E-state index contributed by atoms with van der Waals surface area (Å²) in [5.74, 6) is -0.202. The molecule has 0 radical (unpaired) electrons. The number of hydrogen-bond donors (Lipinski definition) is 2. The van der Waals surface area contributed by atoms with Gasteiger partial charge in [0.2, 0.25) is 0 Å². The Morgan fingerprint density at radius 2 is 2.25 bits per heavy atom. The van der Waals surface area contributed by atoms with Gasteiger partial charge in [0.1, 0.15) is 0 Å². The molecule has 1 heterocycles. The standard InChI is InChI=1S/C10H15ClN4O/c11-7-4-2-1-3-5-8(7)13-10(16)9-6-12-15-14-9/h6-8H,1-5H2,(H,13,16)(H,12,14,15). The van der Waals surface area contributed by atoms with Crippen LogP contribution in [0.4, 0.5) is 0 Å². The fraction of sp³-hybridized carbons (Fsp3) is 0.700. The molecule has 16 heavy (non-hydrogen) atoms. The molecule has 2 N–H and O–H groups in total. The van der Waals surface area contributed by atoms with Crippen LogP contribution in [0.3, 0.4) is 0 Å². The molecule has 2 atom stereocenters. The molecule has 1 saturated carbocycles. The van der Waals surface area contributed by atoms with E-state index in [4.69, 9.17) is 11.6 Å². The third-order valence-electron chi connectivity index (χ3n) is 2.90. The number of nitrogens with zero attached hydrogens (tertiary/aromatic N) is 2. The summed E-state index contributed by atoms with van der Waals surface area (Å²) in [6, 6.07) is 0.0494. The Hall–Kier alpha value is -1.10. The Morgan fingerprint density at radius 3 is 3.00 bits per heavy atom. The Bertz CT molecular complexity index is 341. The fourth-order valence-corrected chi connectivity index (χ4v) is 2.32. The van der Waals surface area contributed by atoms with Gasteiger partial charge in [0.15, 0.2) is 5.69 Å². The highest BCUT2D eigenvalue weighted by Gasteiger charge is 2.24. The first-order chi connectivity index (χ1) is 7.77. The Kier molecular flexibility index (Phi) is 3.77. The molecule has 1 amide bonds. The summed E-state index contributed by atoms with van der Waals surface area (Å²) in [7, 11) is 0. The van der Waals surface area contributed by atoms with E-state index in [0.717, 1.165) is 25.7 Å². The lowest BCUT2D eigenvalue weighted by atomic mass is 10.1. The predicted octanol–water partition coefficient (Wildman–Crippen LogP) is 1.47. The van der Waals surface area contributed by atoms with Crippen molar-refractivity contribution in [2.24, 2.45) is 0 Å². The summed E-state index contributed by atoms with van der Waals surface area (Å²) >= 11 is 6.23. The number of amides is 1. The Labute approximate surface area is 98.9 Å². The number of H-pyrrole nitrogens is 1. The summed E-state index contributed by atoms with van der Waals surface area (Å²) in [4.78, 5) is 11.7. The van der Waals surface area contributed by atoms with Crippen LogP contribution in [0.15, 0.2) is 6.20 Å². The molecule has 88 valence electrons. The number of aromatic nitrogens is 3. The second-order valence-corrected chi connectivity index (χ2v) is 4.65. The van der Waals surface area contributed by atoms with Crippen molar-refractivity contribution in [3.63, 3.8) is 0 Å². The smallest absolute Gasteiger partial charge is 0.273 e. The third-order valence-corrected chi connectivity index (χ3v) is 3.42. The molecule has 2 unspecified atom stereocenters. The molecule has 0 aromatic carbocycles. The lowest BCUT2D eigenvalue weighted by Crippen LogP contribution is -2.40. The van der Waals surface area contributed by atoms with Gasteiger partial charge in [-0.15, -0.1) is 11.6 Å². The number of carbonyl (C=O) groups excluding carboxylic acids is 1. The van der Waals surface area contributed by atoms with E-state index in [1.54, 1.807) is 0 Å². The van der Waals surface area contributed by atoms with Crippen molar-refractivity contribution >= 4 is 17.5 Å². The monoisotopic (exact) mass is 242 g/mol. The maximum absolute atomic E-state index is 11.7. The van der Waals surface area contributed by atoms with Crippen molar-refractivity contribution in [2.45, 2.75) is 43.5 Å². The summed E-state index contributed by atoms with van der Waals surface area (Å²) in [5, 5.41) is 12.7. The minimum Gasteiger partial charge on any atom is -0.346 e. The van der Waals surface area contributed by atoms with Crippen LogP contribution >= 0.6 is 11.6 Å². The first kappa shape index (κ1) is 11.4. The number of aromatic amines is 1. The highest BCUT2D eigenvalue weighted by molar-refractivity contribution is 6.21. The van der Waals surface area contributed by atoms with Gasteiger partial charge in [-0.25, -0.2) is 0 Å². The van der Waals surface area contributed by atoms with Gasteiger partial charge in [-0.2, -0.15) is 15.4 Å². The van der Waals surface area contributed by atoms with Crippen LogP contribution in [0.5, 0.6) is 0 Å². The molecule has 0 aliphatic heterocycles. The quantitative estimate of drug-likeness (QED) is 0.610. The van der Waals surface area contributed by atoms with Crippen LogP contribution in [0.2, 0.25) is 0 Å². The number of hydrogen-bond acceptors (Lipinski definition) is 3. The van der Waals surface area contributed by atoms with Gasteiger partial charge in [-0.05, 0) is 12.8 Å². The normalized spacial score (nSPS) is 26.1. The molecular formula is C10H15ClN4O. The van der Waals surface area contributed by atoms with Crippen LogP contribution in [0.1, 0.15) is 42.6 Å². The minimum absolute atomic E-state index is 0.0263. The van der Waals surface area contributed by atoms with E-state index in [0.29, 0.717) is 5.69 Å². The number of nitrogens with one attached hydrogen (secondary N) is 2. The van der Waals surface area contributed by atoms with Crippen molar-refractivity contribution < 1.29 is 4.79 Å². The molecular weight excluding hydrogens is 228 g/mol. The zero-order valence-corrected chi connectivity index (χ0v) is 9.70. The van der Waals surface area contributed by atoms with E-state index in [1.165, 1.54) is 12.6 Å². The molecule has 1 fully saturated rings. The van der Waals surface area contributed by atoms with E-state index in [2.05, 4.69) is 20.7 Å². The minimum atomic E-state index is -0.202. The van der Waals surface area contributed by atoms with Crippen LogP contribution in [-0.4, -0.2) is 32.7 Å². The average Bonchev–Trinajstić information content (AvgIpc) is 2.73. The molecule has 0 saturated heterocycles. The number of halogens is 1. The topological polar surface area (TPSA) is 70.7 Å². The second kappa shape index (κ2) is 5.30. The maximum Gasteiger partial charge on any atom is 0.273 e. The predicted molar refractivity (Wildman–Crippen MR) is 60.4 cm³/mol. The van der Waals surface area contributed by atoms with Gasteiger partial charge >= 0.3 is 0 Å². The molecule has 6 heteroatoms. The van der Waals surface area contributed by atoms with Gasteiger partial charge < -0.3 is 5.32 Å². The molecule has 2 rings (SSSR count). The second-order valence-electron chi connectivity index (χ2n) is 4.09. The molecule has 0 spiro atoms. The molecule has 1 aromatic rings. The van der Waals surface area contributed by atoms with E-state index in [1.807, 2.05) is 0 Å². The van der Waals surface area contributed by atoms with Crippen molar-refractivity contribution in [1.82, 2.24) is 20.7 Å². The summed E-state index contributed by atoms with van der Waals surface area (Å²) < 4.78 is 0. The highest BCUT2D eigenvalue weighted by Crippen LogP contribution is 2.22. The lowest BCUT2D eigenvalue weighted by molar-refractivity contribution is 0.0929. The van der Waals surface area contributed by atoms with Crippen LogP contribution < -0.4 is 5.32 Å². The molecule has 5 nitrogen and oxygen atoms in total. The Balaban J connectivity index is 1.95. The van der Waals surface area contributed by atoms with Gasteiger partial charge in [0.05, 0.1) is 11.6 Å². The zero-order chi connectivity index (χ0) is 11.4. The van der Waals surface area contributed by atoms with Crippen molar-refractivity contribution in [1.29, 1.82) is 0 Å². The molecule has 1 aliphatic carbocycles. The van der Waals surface area contributed by atoms with E-state index < -0.39 is 0 Å². The van der Waals surface area contributed by atoms with Gasteiger partial charge in [0, 0.05) is 6.04 Å². The SMILES string of the molecule is O=C(NC1CCCCCC1Cl)c1cn[nH]n1. The fourth-order valence-electron chi connectivity index (χ4n) is 1.98. The molecule has 0 bridgehead atoms. The lowest BCUT2D eigenvalue weighted by Gasteiger charge is -2.20. The summed E-state index contributed by atoms with van der Waals surface area (Å²) in [6.45, 7) is 0. The van der Waals surface area contributed by atoms with Crippen molar-refractivity contribution in [2.75, 3.05) is 0 Å². The summed E-state index contributed by atoms with van der Waals surface area (Å²) in [5.41, 5.74) is 0.313. The van der Waals surface area contributed by atoms with Gasteiger partial charge in [-0.3, -0.25) is 4.79 Å². The van der Waals surface area contributed by atoms with Crippen molar-refractivity contribution in [3.8, 4) is 0 Å².